The van der Waals surface area contributed by atoms with Gasteiger partial charge in [-0.05, 0) is 63.2 Å². The lowest BCUT2D eigenvalue weighted by Gasteiger charge is -2.26. The SMILES string of the molecule is CC(C)N(C)CC=CC(=O)N1CCc2c(sc3ncnc(Nc4ccc5c(cnn5Cc5ccccn5)c4)c23)C1. The van der Waals surface area contributed by atoms with Crippen LogP contribution in [0.2, 0.25) is 0 Å². The van der Waals surface area contributed by atoms with Crippen molar-refractivity contribution in [3.63, 3.8) is 0 Å². The fourth-order valence-electron chi connectivity index (χ4n) is 4.92. The van der Waals surface area contributed by atoms with Crippen molar-refractivity contribution in [1.29, 1.82) is 0 Å². The standard InChI is InChI=1S/C30H32N8OS/c1-20(2)36(3)13-6-8-27(39)37-14-11-24-26(18-37)40-30-28(24)29(32-19-33-30)35-22-9-10-25-21(15-22)16-34-38(25)17-23-7-4-5-12-31-23/h4-10,12,15-16,19-20H,11,13-14,17-18H2,1-3H3,(H,32,33,35). The smallest absolute Gasteiger partial charge is 0.246 e. The second-order valence-corrected chi connectivity index (χ2v) is 11.5. The van der Waals surface area contributed by atoms with Crippen molar-refractivity contribution in [2.24, 2.45) is 0 Å². The molecule has 4 aromatic heterocycles. The van der Waals surface area contributed by atoms with E-state index >= 15 is 0 Å². The third-order valence-electron chi connectivity index (χ3n) is 7.43. The Morgan fingerprint density at radius 2 is 2.10 bits per heavy atom. The number of rotatable bonds is 8. The highest BCUT2D eigenvalue weighted by molar-refractivity contribution is 7.19. The van der Waals surface area contributed by atoms with E-state index in [1.807, 2.05) is 40.1 Å². The van der Waals surface area contributed by atoms with Crippen LogP contribution in [0, 0.1) is 0 Å². The molecule has 1 amide bonds. The number of nitrogens with one attached hydrogen (secondary N) is 1. The number of fused-ring (bicyclic) bond motifs is 4. The molecule has 10 heteroatoms. The minimum Gasteiger partial charge on any atom is -0.340 e. The van der Waals surface area contributed by atoms with E-state index in [0.29, 0.717) is 25.7 Å². The second kappa shape index (κ2) is 11.1. The molecule has 1 aliphatic rings. The molecule has 40 heavy (non-hydrogen) atoms. The normalized spacial score (nSPS) is 13.7. The maximum Gasteiger partial charge on any atom is 0.246 e. The number of aromatic nitrogens is 5. The molecule has 0 bridgehead atoms. The van der Waals surface area contributed by atoms with Gasteiger partial charge in [-0.3, -0.25) is 14.5 Å². The fourth-order valence-corrected chi connectivity index (χ4v) is 6.12. The van der Waals surface area contributed by atoms with Gasteiger partial charge in [-0.2, -0.15) is 5.10 Å². The van der Waals surface area contributed by atoms with Gasteiger partial charge in [0.25, 0.3) is 0 Å². The van der Waals surface area contributed by atoms with Gasteiger partial charge in [-0.15, -0.1) is 11.3 Å². The van der Waals surface area contributed by atoms with Crippen LogP contribution in [0.3, 0.4) is 0 Å². The summed E-state index contributed by atoms with van der Waals surface area (Å²) >= 11 is 1.65. The number of pyridine rings is 1. The molecule has 0 spiro atoms. The Morgan fingerprint density at radius 3 is 2.92 bits per heavy atom. The van der Waals surface area contributed by atoms with E-state index in [9.17, 15) is 4.79 Å². The molecular formula is C30H32N8OS. The van der Waals surface area contributed by atoms with Gasteiger partial charge in [0, 0.05) is 47.4 Å². The van der Waals surface area contributed by atoms with E-state index < -0.39 is 0 Å². The number of anilines is 2. The van der Waals surface area contributed by atoms with Crippen molar-refractivity contribution < 1.29 is 4.79 Å². The minimum atomic E-state index is 0.0570. The Kier molecular flexibility index (Phi) is 7.27. The summed E-state index contributed by atoms with van der Waals surface area (Å²) in [5, 5.41) is 10.2. The number of carbonyl (C=O) groups excluding carboxylic acids is 1. The maximum atomic E-state index is 12.9. The fraction of sp³-hybridized carbons (Fsp3) is 0.300. The molecule has 0 atom stereocenters. The van der Waals surface area contributed by atoms with Crippen LogP contribution in [0.25, 0.3) is 21.1 Å². The lowest BCUT2D eigenvalue weighted by molar-refractivity contribution is -0.126. The highest BCUT2D eigenvalue weighted by Crippen LogP contribution is 2.38. The molecule has 0 saturated heterocycles. The van der Waals surface area contributed by atoms with E-state index in [4.69, 9.17) is 0 Å². The molecule has 1 N–H and O–H groups in total. The number of hydrogen-bond acceptors (Lipinski definition) is 8. The van der Waals surface area contributed by atoms with Gasteiger partial charge in [0.1, 0.15) is 17.0 Å². The average Bonchev–Trinajstić information content (AvgIpc) is 3.54. The summed E-state index contributed by atoms with van der Waals surface area (Å²) in [5.41, 5.74) is 4.19. The largest absolute Gasteiger partial charge is 0.340 e. The summed E-state index contributed by atoms with van der Waals surface area (Å²) in [6.45, 7) is 6.94. The summed E-state index contributed by atoms with van der Waals surface area (Å²) in [4.78, 5) is 32.7. The van der Waals surface area contributed by atoms with E-state index in [2.05, 4.69) is 69.4 Å². The Balaban J connectivity index is 1.20. The van der Waals surface area contributed by atoms with Crippen molar-refractivity contribution in [2.45, 2.75) is 39.4 Å². The van der Waals surface area contributed by atoms with Crippen LogP contribution in [0.15, 0.2) is 67.3 Å². The number of thiophene rings is 1. The van der Waals surface area contributed by atoms with Gasteiger partial charge in [0.05, 0.1) is 35.9 Å². The first kappa shape index (κ1) is 26.1. The molecule has 0 unspecified atom stereocenters. The molecule has 9 nitrogen and oxygen atoms in total. The van der Waals surface area contributed by atoms with Crippen molar-refractivity contribution in [1.82, 2.24) is 34.5 Å². The monoisotopic (exact) mass is 552 g/mol. The van der Waals surface area contributed by atoms with Crippen molar-refractivity contribution in [3.05, 3.63) is 83.4 Å². The quantitative estimate of drug-likeness (QED) is 0.271. The first-order valence-corrected chi connectivity index (χ1v) is 14.3. The van der Waals surface area contributed by atoms with Crippen LogP contribution in [0.4, 0.5) is 11.5 Å². The summed E-state index contributed by atoms with van der Waals surface area (Å²) in [7, 11) is 2.06. The number of carbonyl (C=O) groups is 1. The lowest BCUT2D eigenvalue weighted by atomic mass is 10.0. The van der Waals surface area contributed by atoms with E-state index in [1.165, 1.54) is 10.4 Å². The maximum absolute atomic E-state index is 12.9. The zero-order valence-electron chi connectivity index (χ0n) is 22.9. The number of likely N-dealkylation sites (N-methyl/N-ethyl adjacent to an activating group) is 1. The summed E-state index contributed by atoms with van der Waals surface area (Å²) < 4.78 is 1.96. The molecule has 204 valence electrons. The summed E-state index contributed by atoms with van der Waals surface area (Å²) in [6, 6.07) is 12.6. The zero-order valence-corrected chi connectivity index (χ0v) is 23.7. The Hall–Kier alpha value is -4.15. The van der Waals surface area contributed by atoms with Crippen molar-refractivity contribution >= 4 is 49.9 Å². The van der Waals surface area contributed by atoms with Crippen LogP contribution < -0.4 is 5.32 Å². The van der Waals surface area contributed by atoms with Crippen molar-refractivity contribution in [2.75, 3.05) is 25.5 Å². The molecule has 0 aliphatic carbocycles. The molecule has 1 aromatic carbocycles. The molecule has 0 fully saturated rings. The highest BCUT2D eigenvalue weighted by Gasteiger charge is 2.25. The molecule has 5 aromatic rings. The van der Waals surface area contributed by atoms with Crippen LogP contribution in [0.5, 0.6) is 0 Å². The first-order valence-electron chi connectivity index (χ1n) is 13.5. The first-order chi connectivity index (χ1) is 19.5. The predicted octanol–water partition coefficient (Wildman–Crippen LogP) is 5.01. The van der Waals surface area contributed by atoms with Crippen LogP contribution >= 0.6 is 11.3 Å². The third kappa shape index (κ3) is 5.32. The molecule has 0 radical (unpaired) electrons. The third-order valence-corrected chi connectivity index (χ3v) is 8.55. The number of hydrogen-bond donors (Lipinski definition) is 1. The molecular weight excluding hydrogens is 520 g/mol. The number of amides is 1. The molecule has 0 saturated carbocycles. The van der Waals surface area contributed by atoms with E-state index in [0.717, 1.165) is 51.3 Å². The molecule has 5 heterocycles. The van der Waals surface area contributed by atoms with E-state index in [-0.39, 0.29) is 5.91 Å². The van der Waals surface area contributed by atoms with Crippen LogP contribution in [-0.2, 0) is 24.3 Å². The van der Waals surface area contributed by atoms with Gasteiger partial charge in [-0.25, -0.2) is 9.97 Å². The lowest BCUT2D eigenvalue weighted by Crippen LogP contribution is -2.34. The number of benzene rings is 1. The van der Waals surface area contributed by atoms with Crippen LogP contribution in [0.1, 0.15) is 30.0 Å². The van der Waals surface area contributed by atoms with Gasteiger partial charge < -0.3 is 15.1 Å². The van der Waals surface area contributed by atoms with Gasteiger partial charge in [0.15, 0.2) is 0 Å². The Labute approximate surface area is 237 Å². The van der Waals surface area contributed by atoms with Crippen molar-refractivity contribution in [3.8, 4) is 0 Å². The summed E-state index contributed by atoms with van der Waals surface area (Å²) in [6.07, 6.45) is 9.73. The highest BCUT2D eigenvalue weighted by atomic mass is 32.1. The minimum absolute atomic E-state index is 0.0570. The number of nitrogens with zero attached hydrogens (tertiary/aromatic N) is 7. The predicted molar refractivity (Wildman–Crippen MR) is 160 cm³/mol. The van der Waals surface area contributed by atoms with Gasteiger partial charge in [0.2, 0.25) is 5.91 Å². The second-order valence-electron chi connectivity index (χ2n) is 10.4. The average molecular weight is 553 g/mol. The zero-order chi connectivity index (χ0) is 27.6. The van der Waals surface area contributed by atoms with Gasteiger partial charge in [-0.1, -0.05) is 12.1 Å². The summed E-state index contributed by atoms with van der Waals surface area (Å²) in [5.74, 6) is 0.848. The Morgan fingerprint density at radius 1 is 1.20 bits per heavy atom. The van der Waals surface area contributed by atoms with E-state index in [1.54, 1.807) is 29.9 Å². The Bertz CT molecular complexity index is 1690. The van der Waals surface area contributed by atoms with Gasteiger partial charge >= 0.3 is 0 Å². The molecule has 6 rings (SSSR count). The molecule has 1 aliphatic heterocycles. The van der Waals surface area contributed by atoms with Crippen LogP contribution in [-0.4, -0.2) is 66.6 Å². The topological polar surface area (TPSA) is 92.1 Å².